The van der Waals surface area contributed by atoms with Crippen molar-refractivity contribution < 1.29 is 8.42 Å². The number of hydrogen-bond acceptors (Lipinski definition) is 6. The lowest BCUT2D eigenvalue weighted by Gasteiger charge is -2.07. The number of rotatable bonds is 2. The molecular weight excluding hydrogens is 607 g/mol. The number of sulfone groups is 1. The zero-order valence-corrected chi connectivity index (χ0v) is 21.0. The van der Waals surface area contributed by atoms with E-state index in [1.165, 1.54) is 12.1 Å². The molecule has 0 unspecified atom stereocenters. The van der Waals surface area contributed by atoms with Gasteiger partial charge in [-0.15, -0.1) is 0 Å². The largest absolute Gasteiger partial charge is 0.276 e. The van der Waals surface area contributed by atoms with Gasteiger partial charge in [-0.3, -0.25) is 9.59 Å². The number of halogens is 4. The molecule has 29 heavy (non-hydrogen) atoms. The summed E-state index contributed by atoms with van der Waals surface area (Å²) >= 11 is 20.3. The summed E-state index contributed by atoms with van der Waals surface area (Å²) in [4.78, 5) is 24.3. The summed E-state index contributed by atoms with van der Waals surface area (Å²) < 4.78 is 27.4. The average molecular weight is 613 g/mol. The van der Waals surface area contributed by atoms with Gasteiger partial charge in [0.15, 0.2) is 0 Å². The van der Waals surface area contributed by atoms with E-state index in [0.29, 0.717) is 39.2 Å². The van der Waals surface area contributed by atoms with E-state index in [9.17, 15) is 18.0 Å². The topological polar surface area (TPSA) is 68.3 Å². The third-order valence-electron chi connectivity index (χ3n) is 4.02. The van der Waals surface area contributed by atoms with Crippen LogP contribution in [-0.2, 0) is 9.84 Å². The van der Waals surface area contributed by atoms with Crippen LogP contribution in [0.2, 0.25) is 10.0 Å². The summed E-state index contributed by atoms with van der Waals surface area (Å²) in [5.74, 6) is 0. The molecule has 0 bridgehead atoms. The summed E-state index contributed by atoms with van der Waals surface area (Å²) in [6, 6.07) is 8.88. The lowest BCUT2D eigenvalue weighted by molar-refractivity contribution is 0.595. The first-order chi connectivity index (χ1) is 13.6. The van der Waals surface area contributed by atoms with Crippen LogP contribution in [-0.4, -0.2) is 8.42 Å². The number of fused-ring (bicyclic) bond motifs is 2. The first-order valence-electron chi connectivity index (χ1n) is 7.69. The highest BCUT2D eigenvalue weighted by Crippen LogP contribution is 2.34. The Morgan fingerprint density at radius 3 is 1.45 bits per heavy atom. The standard InChI is InChI=1S/C18H6Br2Cl2O4S3/c19-11-5-9(21)1-7-3-13(17(23)27-15(7)11)29(25,26)14-4-8-2-10(22)6-12(20)16(8)28-18(14)24/h1-6H. The van der Waals surface area contributed by atoms with Gasteiger partial charge < -0.3 is 0 Å². The molecule has 11 heteroatoms. The second-order valence-electron chi connectivity index (χ2n) is 5.91. The third-order valence-corrected chi connectivity index (χ3v) is 10.4. The molecule has 2 aromatic heterocycles. The Kier molecular flexibility index (Phi) is 5.69. The van der Waals surface area contributed by atoms with Gasteiger partial charge in [-0.05, 0) is 79.0 Å². The number of hydrogen-bond donors (Lipinski definition) is 0. The van der Waals surface area contributed by atoms with E-state index in [1.807, 2.05) is 0 Å². The first-order valence-corrected chi connectivity index (χ1v) is 13.1. The molecule has 2 heterocycles. The van der Waals surface area contributed by atoms with Crippen LogP contribution in [0.25, 0.3) is 20.2 Å². The van der Waals surface area contributed by atoms with Crippen molar-refractivity contribution in [2.24, 2.45) is 0 Å². The molecule has 2 aromatic carbocycles. The molecule has 0 atom stereocenters. The average Bonchev–Trinajstić information content (AvgIpc) is 2.62. The van der Waals surface area contributed by atoms with Crippen LogP contribution >= 0.6 is 77.7 Å². The Hall–Kier alpha value is -0.810. The molecule has 4 rings (SSSR count). The fraction of sp³-hybridized carbons (Fsp3) is 0. The van der Waals surface area contributed by atoms with Gasteiger partial charge in [0, 0.05) is 19.0 Å². The van der Waals surface area contributed by atoms with E-state index in [4.69, 9.17) is 23.2 Å². The quantitative estimate of drug-likeness (QED) is 0.259. The minimum Gasteiger partial charge on any atom is -0.276 e. The van der Waals surface area contributed by atoms with Gasteiger partial charge in [0.25, 0.3) is 9.48 Å². The van der Waals surface area contributed by atoms with Crippen molar-refractivity contribution in [3.05, 3.63) is 74.5 Å². The summed E-state index contributed by atoms with van der Waals surface area (Å²) in [6.45, 7) is 0. The van der Waals surface area contributed by atoms with Crippen molar-refractivity contribution in [3.8, 4) is 0 Å². The number of benzene rings is 2. The fourth-order valence-electron chi connectivity index (χ4n) is 2.77. The molecule has 0 saturated carbocycles. The monoisotopic (exact) mass is 610 g/mol. The molecule has 0 N–H and O–H groups in total. The maximum absolute atomic E-state index is 13.2. The van der Waals surface area contributed by atoms with Crippen LogP contribution in [0.1, 0.15) is 0 Å². The van der Waals surface area contributed by atoms with Crippen molar-refractivity contribution in [2.75, 3.05) is 0 Å². The van der Waals surface area contributed by atoms with Crippen molar-refractivity contribution >= 4 is 108 Å². The van der Waals surface area contributed by atoms with Gasteiger partial charge in [0.2, 0.25) is 9.84 Å². The van der Waals surface area contributed by atoms with Crippen LogP contribution in [0.3, 0.4) is 0 Å². The maximum atomic E-state index is 13.2. The molecule has 0 amide bonds. The van der Waals surface area contributed by atoms with Crippen LogP contribution < -0.4 is 9.48 Å². The maximum Gasteiger partial charge on any atom is 0.252 e. The molecule has 0 fully saturated rings. The highest BCUT2D eigenvalue weighted by molar-refractivity contribution is 9.11. The van der Waals surface area contributed by atoms with E-state index < -0.39 is 29.1 Å². The van der Waals surface area contributed by atoms with E-state index in [0.717, 1.165) is 22.7 Å². The van der Waals surface area contributed by atoms with E-state index in [-0.39, 0.29) is 0 Å². The Morgan fingerprint density at radius 2 is 1.07 bits per heavy atom. The predicted octanol–water partition coefficient (Wildman–Crippen LogP) is 6.50. The SMILES string of the molecule is O=c1sc2c(Br)cc(Cl)cc2cc1S(=O)(=O)c1cc2cc(Cl)cc(Br)c2sc1=O. The van der Waals surface area contributed by atoms with Crippen molar-refractivity contribution in [1.29, 1.82) is 0 Å². The van der Waals surface area contributed by atoms with E-state index >= 15 is 0 Å². The Balaban J connectivity index is 2.03. The smallest absolute Gasteiger partial charge is 0.252 e. The molecule has 0 aliphatic rings. The van der Waals surface area contributed by atoms with Gasteiger partial charge in [-0.2, -0.15) is 0 Å². The Labute approximate surface area is 198 Å². The highest BCUT2D eigenvalue weighted by atomic mass is 79.9. The van der Waals surface area contributed by atoms with Gasteiger partial charge in [0.05, 0.1) is 9.40 Å². The lowest BCUT2D eigenvalue weighted by atomic mass is 10.2. The molecule has 4 aromatic rings. The van der Waals surface area contributed by atoms with Crippen LogP contribution in [0.5, 0.6) is 0 Å². The Bertz CT molecular complexity index is 1450. The molecule has 0 radical (unpaired) electrons. The second-order valence-corrected chi connectivity index (χ2v) is 12.3. The summed E-state index contributed by atoms with van der Waals surface area (Å²) in [6.07, 6.45) is 0. The second kappa shape index (κ2) is 7.71. The van der Waals surface area contributed by atoms with E-state index in [2.05, 4.69) is 31.9 Å². The zero-order valence-electron chi connectivity index (χ0n) is 13.8. The zero-order chi connectivity index (χ0) is 21.1. The summed E-state index contributed by atoms with van der Waals surface area (Å²) in [7, 11) is -4.36. The molecule has 0 aliphatic carbocycles. The van der Waals surface area contributed by atoms with Gasteiger partial charge in [0.1, 0.15) is 9.79 Å². The third kappa shape index (κ3) is 3.82. The van der Waals surface area contributed by atoms with Gasteiger partial charge >= 0.3 is 0 Å². The molecular formula is C18H6Br2Cl2O4S3. The van der Waals surface area contributed by atoms with E-state index in [1.54, 1.807) is 24.3 Å². The lowest BCUT2D eigenvalue weighted by Crippen LogP contribution is -2.18. The van der Waals surface area contributed by atoms with Crippen molar-refractivity contribution in [3.63, 3.8) is 0 Å². The van der Waals surface area contributed by atoms with Crippen LogP contribution in [0.4, 0.5) is 0 Å². The van der Waals surface area contributed by atoms with Gasteiger partial charge in [-0.1, -0.05) is 45.9 Å². The predicted molar refractivity (Wildman–Crippen MR) is 127 cm³/mol. The summed E-state index contributed by atoms with van der Waals surface area (Å²) in [5.41, 5.74) is 0. The van der Waals surface area contributed by atoms with Crippen molar-refractivity contribution in [2.45, 2.75) is 9.79 Å². The normalized spacial score (nSPS) is 12.0. The minimum absolute atomic E-state index is 0.385. The highest BCUT2D eigenvalue weighted by Gasteiger charge is 2.26. The molecule has 0 spiro atoms. The minimum atomic E-state index is -4.36. The van der Waals surface area contributed by atoms with Crippen LogP contribution in [0.15, 0.2) is 64.7 Å². The summed E-state index contributed by atoms with van der Waals surface area (Å²) in [5, 5.41) is 1.73. The first kappa shape index (κ1) is 21.4. The molecule has 0 aliphatic heterocycles. The van der Waals surface area contributed by atoms with Crippen molar-refractivity contribution in [1.82, 2.24) is 0 Å². The Morgan fingerprint density at radius 1 is 0.690 bits per heavy atom. The molecule has 148 valence electrons. The fourth-order valence-corrected chi connectivity index (χ4v) is 8.55. The molecule has 0 saturated heterocycles. The van der Waals surface area contributed by atoms with Gasteiger partial charge in [-0.25, -0.2) is 8.42 Å². The molecule has 4 nitrogen and oxygen atoms in total. The van der Waals surface area contributed by atoms with Crippen LogP contribution in [0, 0.1) is 0 Å².